The minimum absolute atomic E-state index is 0.727. The first-order valence-electron chi connectivity index (χ1n) is 11.9. The van der Waals surface area contributed by atoms with Gasteiger partial charge in [0, 0.05) is 11.0 Å². The lowest BCUT2D eigenvalue weighted by molar-refractivity contribution is 0.523. The zero-order valence-corrected chi connectivity index (χ0v) is 22.0. The normalized spacial score (nSPS) is 14.0. The van der Waals surface area contributed by atoms with Gasteiger partial charge in [0.15, 0.2) is 0 Å². The quantitative estimate of drug-likeness (QED) is 0.0816. The Hall–Kier alpha value is 1.14. The molecule has 2 atom stereocenters. The number of unbranched alkanes of at least 4 members (excludes halogenated alkanes) is 9. The average Bonchev–Trinajstić information content (AvgIpc) is 2.71. The van der Waals surface area contributed by atoms with Crippen LogP contribution in [0.25, 0.3) is 0 Å². The van der Waals surface area contributed by atoms with E-state index in [1.165, 1.54) is 102 Å². The maximum absolute atomic E-state index is 4.60. The van der Waals surface area contributed by atoms with Crippen LogP contribution in [0.15, 0.2) is 12.2 Å². The number of thioether (sulfide) groups is 1. The highest BCUT2D eigenvalue weighted by Gasteiger charge is 2.12. The minimum atomic E-state index is 0.727. The maximum Gasteiger partial charge on any atom is 0.0135 e. The average molecular weight is 465 g/mol. The molecule has 0 bridgehead atoms. The van der Waals surface area contributed by atoms with Crippen LogP contribution in [0.3, 0.4) is 0 Å². The standard InChI is InChI=1S/C24H48S4/c1-2-3-4-5-6-7-8-9-10-11-12-13-14-17-24(21-27)28-22-23(18-20-26)16-15-19-25/h9-10,23-27H,2-8,11-22H2,1H3. The molecule has 0 saturated carbocycles. The van der Waals surface area contributed by atoms with Gasteiger partial charge in [-0.05, 0) is 74.5 Å². The molecule has 0 aliphatic heterocycles. The van der Waals surface area contributed by atoms with E-state index in [9.17, 15) is 0 Å². The Labute approximate surface area is 198 Å². The SMILES string of the molecule is CCCCCCCCC=CCCCCCC(CS)SCC(CCS)CCCS. The van der Waals surface area contributed by atoms with Crippen LogP contribution in [0, 0.1) is 5.92 Å². The lowest BCUT2D eigenvalue weighted by Crippen LogP contribution is -2.12. The summed E-state index contributed by atoms with van der Waals surface area (Å²) in [5.41, 5.74) is 0. The number of allylic oxidation sites excluding steroid dienone is 2. The summed E-state index contributed by atoms with van der Waals surface area (Å²) in [5.74, 6) is 5.13. The van der Waals surface area contributed by atoms with Crippen molar-refractivity contribution in [3.63, 3.8) is 0 Å². The molecule has 0 nitrogen and oxygen atoms in total. The first kappa shape index (κ1) is 29.1. The number of thiol groups is 3. The summed E-state index contributed by atoms with van der Waals surface area (Å²) in [6, 6.07) is 0. The first-order chi connectivity index (χ1) is 13.8. The lowest BCUT2D eigenvalue weighted by atomic mass is 10.0. The number of hydrogen-bond acceptors (Lipinski definition) is 4. The molecular weight excluding hydrogens is 417 g/mol. The molecule has 0 aromatic heterocycles. The molecule has 0 rings (SSSR count). The third-order valence-corrected chi connectivity index (χ3v) is 8.17. The Balaban J connectivity index is 3.61. The third kappa shape index (κ3) is 20.4. The van der Waals surface area contributed by atoms with Gasteiger partial charge in [-0.25, -0.2) is 0 Å². The summed E-state index contributed by atoms with van der Waals surface area (Å²) in [4.78, 5) is 0. The summed E-state index contributed by atoms with van der Waals surface area (Å²) in [6.07, 6.45) is 25.0. The van der Waals surface area contributed by atoms with E-state index in [0.29, 0.717) is 0 Å². The highest BCUT2D eigenvalue weighted by atomic mass is 32.2. The molecule has 0 radical (unpaired) electrons. The van der Waals surface area contributed by atoms with Crippen molar-refractivity contribution in [1.82, 2.24) is 0 Å². The molecule has 168 valence electrons. The van der Waals surface area contributed by atoms with E-state index in [0.717, 1.165) is 28.4 Å². The molecule has 0 spiro atoms. The molecule has 0 saturated heterocycles. The van der Waals surface area contributed by atoms with E-state index in [4.69, 9.17) is 0 Å². The van der Waals surface area contributed by atoms with Crippen LogP contribution < -0.4 is 0 Å². The van der Waals surface area contributed by atoms with E-state index in [2.05, 4.69) is 68.7 Å². The molecule has 0 fully saturated rings. The second-order valence-corrected chi connectivity index (χ2v) is 10.6. The van der Waals surface area contributed by atoms with Gasteiger partial charge in [-0.2, -0.15) is 49.6 Å². The Morgan fingerprint density at radius 1 is 0.679 bits per heavy atom. The van der Waals surface area contributed by atoms with Crippen molar-refractivity contribution in [2.45, 2.75) is 108 Å². The van der Waals surface area contributed by atoms with E-state index in [1.54, 1.807) is 0 Å². The van der Waals surface area contributed by atoms with Crippen LogP contribution in [0.4, 0.5) is 0 Å². The Morgan fingerprint density at radius 2 is 1.32 bits per heavy atom. The van der Waals surface area contributed by atoms with Gasteiger partial charge in [-0.1, -0.05) is 64.0 Å². The van der Waals surface area contributed by atoms with Crippen LogP contribution >= 0.6 is 49.6 Å². The topological polar surface area (TPSA) is 0 Å². The first-order valence-corrected chi connectivity index (χ1v) is 14.8. The Morgan fingerprint density at radius 3 is 1.93 bits per heavy atom. The molecule has 0 aliphatic carbocycles. The van der Waals surface area contributed by atoms with Crippen LogP contribution in [-0.4, -0.2) is 28.3 Å². The van der Waals surface area contributed by atoms with Crippen LogP contribution in [0.5, 0.6) is 0 Å². The second-order valence-electron chi connectivity index (χ2n) is 8.05. The molecule has 0 aromatic carbocycles. The fourth-order valence-corrected chi connectivity index (χ4v) is 5.83. The smallest absolute Gasteiger partial charge is 0.0135 e. The zero-order chi connectivity index (χ0) is 20.7. The fourth-order valence-electron chi connectivity index (χ4n) is 3.46. The Kier molecular flexibility index (Phi) is 25.4. The molecular formula is C24H48S4. The molecule has 28 heavy (non-hydrogen) atoms. The summed E-state index contributed by atoms with van der Waals surface area (Å²) in [6.45, 7) is 2.28. The fraction of sp³-hybridized carbons (Fsp3) is 0.917. The van der Waals surface area contributed by atoms with Gasteiger partial charge >= 0.3 is 0 Å². The zero-order valence-electron chi connectivity index (χ0n) is 18.5. The summed E-state index contributed by atoms with van der Waals surface area (Å²) >= 11 is 15.5. The number of hydrogen-bond donors (Lipinski definition) is 3. The lowest BCUT2D eigenvalue weighted by Gasteiger charge is -2.19. The maximum atomic E-state index is 4.60. The van der Waals surface area contributed by atoms with Crippen LogP contribution in [-0.2, 0) is 0 Å². The van der Waals surface area contributed by atoms with Crippen LogP contribution in [0.1, 0.15) is 103 Å². The highest BCUT2D eigenvalue weighted by Crippen LogP contribution is 2.26. The van der Waals surface area contributed by atoms with Crippen molar-refractivity contribution in [1.29, 1.82) is 0 Å². The summed E-state index contributed by atoms with van der Waals surface area (Å²) < 4.78 is 0. The molecule has 0 aliphatic rings. The third-order valence-electron chi connectivity index (χ3n) is 5.37. The van der Waals surface area contributed by atoms with Crippen LogP contribution in [0.2, 0.25) is 0 Å². The predicted molar refractivity (Wildman–Crippen MR) is 145 cm³/mol. The van der Waals surface area contributed by atoms with Gasteiger partial charge in [-0.3, -0.25) is 0 Å². The van der Waals surface area contributed by atoms with Gasteiger partial charge in [0.05, 0.1) is 0 Å². The Bertz CT molecular complexity index is 320. The molecule has 0 heterocycles. The van der Waals surface area contributed by atoms with Gasteiger partial charge in [0.1, 0.15) is 0 Å². The highest BCUT2D eigenvalue weighted by molar-refractivity contribution is 8.00. The second kappa shape index (κ2) is 24.4. The van der Waals surface area contributed by atoms with Crippen molar-refractivity contribution in [2.75, 3.05) is 23.0 Å². The van der Waals surface area contributed by atoms with Crippen molar-refractivity contribution < 1.29 is 0 Å². The van der Waals surface area contributed by atoms with E-state index in [1.807, 2.05) is 0 Å². The molecule has 0 aromatic rings. The van der Waals surface area contributed by atoms with E-state index < -0.39 is 0 Å². The van der Waals surface area contributed by atoms with Crippen molar-refractivity contribution >= 4 is 49.6 Å². The largest absolute Gasteiger partial charge is 0.179 e. The molecule has 0 N–H and O–H groups in total. The molecule has 4 heteroatoms. The molecule has 0 amide bonds. The number of rotatable bonds is 22. The van der Waals surface area contributed by atoms with Crippen molar-refractivity contribution in [3.05, 3.63) is 12.2 Å². The van der Waals surface area contributed by atoms with Crippen molar-refractivity contribution in [3.8, 4) is 0 Å². The molecule has 2 unspecified atom stereocenters. The van der Waals surface area contributed by atoms with Gasteiger partial charge in [0.2, 0.25) is 0 Å². The van der Waals surface area contributed by atoms with Gasteiger partial charge in [0.25, 0.3) is 0 Å². The predicted octanol–water partition coefficient (Wildman–Crippen LogP) is 8.92. The van der Waals surface area contributed by atoms with E-state index >= 15 is 0 Å². The van der Waals surface area contributed by atoms with Gasteiger partial charge in [-0.15, -0.1) is 0 Å². The monoisotopic (exact) mass is 464 g/mol. The van der Waals surface area contributed by atoms with Gasteiger partial charge < -0.3 is 0 Å². The van der Waals surface area contributed by atoms with E-state index in [-0.39, 0.29) is 0 Å². The minimum Gasteiger partial charge on any atom is -0.179 e. The summed E-state index contributed by atoms with van der Waals surface area (Å²) in [7, 11) is 0. The van der Waals surface area contributed by atoms with Crippen molar-refractivity contribution in [2.24, 2.45) is 5.92 Å². The summed E-state index contributed by atoms with van der Waals surface area (Å²) in [5, 5.41) is 0.727.